The highest BCUT2D eigenvalue weighted by molar-refractivity contribution is 6.11. The van der Waals surface area contributed by atoms with E-state index < -0.39 is 0 Å². The van der Waals surface area contributed by atoms with E-state index in [1.807, 2.05) is 48.5 Å². The van der Waals surface area contributed by atoms with Crippen molar-refractivity contribution in [2.24, 2.45) is 0 Å². The summed E-state index contributed by atoms with van der Waals surface area (Å²) in [5.41, 5.74) is 11.1. The first-order valence-corrected chi connectivity index (χ1v) is 15.9. The van der Waals surface area contributed by atoms with Crippen LogP contribution in [-0.2, 0) is 0 Å². The van der Waals surface area contributed by atoms with Crippen LogP contribution in [0.2, 0.25) is 0 Å². The van der Waals surface area contributed by atoms with Crippen molar-refractivity contribution in [3.05, 3.63) is 169 Å². The van der Waals surface area contributed by atoms with Gasteiger partial charge in [-0.3, -0.25) is 0 Å². The molecule has 0 amide bonds. The van der Waals surface area contributed by atoms with E-state index in [4.69, 9.17) is 0 Å². The summed E-state index contributed by atoms with van der Waals surface area (Å²) in [6, 6.07) is 58.8. The topological polar surface area (TPSA) is 57.4 Å². The Morgan fingerprint density at radius 3 is 1.42 bits per heavy atom. The summed E-state index contributed by atoms with van der Waals surface area (Å²) in [4.78, 5) is 0. The summed E-state index contributed by atoms with van der Waals surface area (Å²) in [5, 5.41) is 25.2. The van der Waals surface area contributed by atoms with Gasteiger partial charge in [-0.1, -0.05) is 103 Å². The lowest BCUT2D eigenvalue weighted by Gasteiger charge is -2.18. The Kier molecular flexibility index (Phi) is 6.22. The van der Waals surface area contributed by atoms with E-state index in [1.165, 1.54) is 10.8 Å². The molecule has 0 radical (unpaired) electrons. The van der Waals surface area contributed by atoms with Crippen LogP contribution in [0.5, 0.6) is 0 Å². The van der Waals surface area contributed by atoms with Gasteiger partial charge in [-0.15, -0.1) is 0 Å². The molecule has 0 unspecified atom stereocenters. The number of benzene rings is 7. The number of fused-ring (bicyclic) bond motifs is 6. The van der Waals surface area contributed by atoms with Crippen LogP contribution in [0.25, 0.3) is 77.2 Å². The van der Waals surface area contributed by atoms with E-state index in [0.29, 0.717) is 11.1 Å². The van der Waals surface area contributed by atoms with Gasteiger partial charge in [-0.2, -0.15) is 10.5 Å². The molecule has 4 heteroatoms. The van der Waals surface area contributed by atoms with Crippen LogP contribution >= 0.6 is 0 Å². The second kappa shape index (κ2) is 10.9. The van der Waals surface area contributed by atoms with E-state index in [9.17, 15) is 10.5 Å². The lowest BCUT2D eigenvalue weighted by Crippen LogP contribution is -2.00. The molecule has 7 aromatic carbocycles. The van der Waals surface area contributed by atoms with Gasteiger partial charge in [0, 0.05) is 27.1 Å². The van der Waals surface area contributed by atoms with Gasteiger partial charge in [0.25, 0.3) is 0 Å². The van der Waals surface area contributed by atoms with Gasteiger partial charge >= 0.3 is 0 Å². The number of para-hydroxylation sites is 5. The summed E-state index contributed by atoms with van der Waals surface area (Å²) >= 11 is 0. The van der Waals surface area contributed by atoms with E-state index >= 15 is 0 Å². The maximum Gasteiger partial charge on any atom is 0.101 e. The largest absolute Gasteiger partial charge is 0.309 e. The van der Waals surface area contributed by atoms with Crippen LogP contribution in [0, 0.1) is 22.7 Å². The molecule has 9 aromatic rings. The SMILES string of the molecule is N#Cc1ccc(-c2ccc(-n3c4ccccc4c4ccccc43)c(C#N)c2)c(-c2ccccc2-n2c3ccccc3c3ccccc32)c1. The fourth-order valence-corrected chi connectivity index (χ4v) is 7.34. The highest BCUT2D eigenvalue weighted by Crippen LogP contribution is 2.41. The Morgan fingerprint density at radius 1 is 0.375 bits per heavy atom. The molecule has 0 aliphatic rings. The predicted molar refractivity (Wildman–Crippen MR) is 195 cm³/mol. The van der Waals surface area contributed by atoms with Gasteiger partial charge in [0.05, 0.1) is 50.6 Å². The maximum absolute atomic E-state index is 10.6. The summed E-state index contributed by atoms with van der Waals surface area (Å²) < 4.78 is 4.50. The average molecular weight is 611 g/mol. The molecule has 0 spiro atoms. The molecule has 0 saturated carbocycles. The van der Waals surface area contributed by atoms with Crippen LogP contribution < -0.4 is 0 Å². The van der Waals surface area contributed by atoms with Gasteiger partial charge < -0.3 is 9.13 Å². The van der Waals surface area contributed by atoms with Crippen LogP contribution in [0.3, 0.4) is 0 Å². The molecule has 0 N–H and O–H groups in total. The van der Waals surface area contributed by atoms with Crippen molar-refractivity contribution in [3.8, 4) is 45.8 Å². The summed E-state index contributed by atoms with van der Waals surface area (Å²) in [6.07, 6.45) is 0. The third-order valence-corrected chi connectivity index (χ3v) is 9.41. The third kappa shape index (κ3) is 4.07. The molecule has 0 atom stereocenters. The number of rotatable bonds is 4. The molecule has 0 bridgehead atoms. The molecule has 0 fully saturated rings. The summed E-state index contributed by atoms with van der Waals surface area (Å²) in [6.45, 7) is 0. The van der Waals surface area contributed by atoms with Crippen molar-refractivity contribution in [1.82, 2.24) is 9.13 Å². The molecular weight excluding hydrogens is 585 g/mol. The first kappa shape index (κ1) is 27.4. The van der Waals surface area contributed by atoms with Crippen molar-refractivity contribution >= 4 is 43.6 Å². The quantitative estimate of drug-likeness (QED) is 0.199. The van der Waals surface area contributed by atoms with Crippen LogP contribution in [0.4, 0.5) is 0 Å². The lowest BCUT2D eigenvalue weighted by molar-refractivity contribution is 1.17. The highest BCUT2D eigenvalue weighted by atomic mass is 15.0. The Bertz CT molecular complexity index is 2710. The minimum Gasteiger partial charge on any atom is -0.309 e. The molecule has 9 rings (SSSR count). The minimum atomic E-state index is 0.574. The van der Waals surface area contributed by atoms with Gasteiger partial charge in [0.2, 0.25) is 0 Å². The number of hydrogen-bond acceptors (Lipinski definition) is 2. The number of hydrogen-bond donors (Lipinski definition) is 0. The van der Waals surface area contributed by atoms with Gasteiger partial charge in [-0.05, 0) is 71.3 Å². The molecule has 48 heavy (non-hydrogen) atoms. The normalized spacial score (nSPS) is 11.3. The molecule has 0 aliphatic carbocycles. The van der Waals surface area contributed by atoms with Crippen LogP contribution in [0.15, 0.2) is 158 Å². The molecule has 222 valence electrons. The minimum absolute atomic E-state index is 0.574. The lowest BCUT2D eigenvalue weighted by atomic mass is 9.91. The van der Waals surface area contributed by atoms with E-state index in [0.717, 1.165) is 66.5 Å². The third-order valence-electron chi connectivity index (χ3n) is 9.41. The number of aromatic nitrogens is 2. The Hall–Kier alpha value is -6.88. The smallest absolute Gasteiger partial charge is 0.101 e. The second-order valence-electron chi connectivity index (χ2n) is 12.0. The fraction of sp³-hybridized carbons (Fsp3) is 0. The average Bonchev–Trinajstić information content (AvgIpc) is 3.67. The molecule has 2 aromatic heterocycles. The van der Waals surface area contributed by atoms with E-state index in [2.05, 4.69) is 130 Å². The van der Waals surface area contributed by atoms with Crippen molar-refractivity contribution in [2.45, 2.75) is 0 Å². The van der Waals surface area contributed by atoms with Crippen LogP contribution in [-0.4, -0.2) is 9.13 Å². The molecule has 4 nitrogen and oxygen atoms in total. The van der Waals surface area contributed by atoms with E-state index in [-0.39, 0.29) is 0 Å². The van der Waals surface area contributed by atoms with Gasteiger partial charge in [0.15, 0.2) is 0 Å². The molecule has 2 heterocycles. The highest BCUT2D eigenvalue weighted by Gasteiger charge is 2.20. The molecular formula is C44H26N4. The molecule has 0 aliphatic heterocycles. The molecule has 0 saturated heterocycles. The Labute approximate surface area is 277 Å². The van der Waals surface area contributed by atoms with Crippen LogP contribution in [0.1, 0.15) is 11.1 Å². The first-order chi connectivity index (χ1) is 23.7. The van der Waals surface area contributed by atoms with Crippen molar-refractivity contribution < 1.29 is 0 Å². The van der Waals surface area contributed by atoms with Crippen molar-refractivity contribution in [2.75, 3.05) is 0 Å². The monoisotopic (exact) mass is 610 g/mol. The summed E-state index contributed by atoms with van der Waals surface area (Å²) in [5.74, 6) is 0. The van der Waals surface area contributed by atoms with Gasteiger partial charge in [-0.25, -0.2) is 0 Å². The fourth-order valence-electron chi connectivity index (χ4n) is 7.34. The zero-order chi connectivity index (χ0) is 32.2. The zero-order valence-electron chi connectivity index (χ0n) is 25.8. The first-order valence-electron chi connectivity index (χ1n) is 15.9. The van der Waals surface area contributed by atoms with Crippen molar-refractivity contribution in [3.63, 3.8) is 0 Å². The Morgan fingerprint density at radius 2 is 0.875 bits per heavy atom. The van der Waals surface area contributed by atoms with E-state index in [1.54, 1.807) is 0 Å². The predicted octanol–water partition coefficient (Wildman–Crippen LogP) is 11.0. The Balaban J connectivity index is 1.28. The van der Waals surface area contributed by atoms with Gasteiger partial charge in [0.1, 0.15) is 6.07 Å². The number of nitrogens with zero attached hydrogens (tertiary/aromatic N) is 4. The standard InChI is InChI=1S/C44H26N4/c45-27-29-21-23-32(30-22-24-39(31(26-30)28-46)47-40-16-6-1-11-33(40)34-12-2-7-17-41(34)47)38(25-29)37-15-5-10-20-44(37)48-42-18-8-3-13-35(42)36-14-4-9-19-43(36)48/h1-26H. The maximum atomic E-state index is 10.6. The second-order valence-corrected chi connectivity index (χ2v) is 12.0. The van der Waals surface area contributed by atoms with Crippen molar-refractivity contribution in [1.29, 1.82) is 10.5 Å². The number of nitriles is 2. The summed E-state index contributed by atoms with van der Waals surface area (Å²) in [7, 11) is 0. The zero-order valence-corrected chi connectivity index (χ0v) is 25.8.